The number of rotatable bonds is 4. The van der Waals surface area contributed by atoms with Gasteiger partial charge in [0.2, 0.25) is 0 Å². The molecular formula is C17H28Cl3N3. The summed E-state index contributed by atoms with van der Waals surface area (Å²) in [4.78, 5) is 4.75. The van der Waals surface area contributed by atoms with Crippen molar-refractivity contribution < 1.29 is 0 Å². The number of anilines is 1. The molecule has 1 atom stereocenters. The summed E-state index contributed by atoms with van der Waals surface area (Å²) in [5.74, 6) is 0.783. The van der Waals surface area contributed by atoms with Gasteiger partial charge in [0.25, 0.3) is 0 Å². The third-order valence-corrected chi connectivity index (χ3v) is 5.29. The number of hydrogen-bond acceptors (Lipinski definition) is 3. The van der Waals surface area contributed by atoms with Gasteiger partial charge in [-0.2, -0.15) is 0 Å². The molecular weight excluding hydrogens is 353 g/mol. The molecule has 1 aromatic rings. The predicted octanol–water partition coefficient (Wildman–Crippen LogP) is 4.00. The summed E-state index contributed by atoms with van der Waals surface area (Å²) in [6.45, 7) is 4.45. The first-order chi connectivity index (χ1) is 10.2. The molecule has 0 radical (unpaired) electrons. The lowest BCUT2D eigenvalue weighted by Crippen LogP contribution is -2.47. The van der Waals surface area contributed by atoms with Crippen LogP contribution in [0.2, 0.25) is 5.02 Å². The minimum atomic E-state index is 0. The number of hydrogen-bond donors (Lipinski definition) is 1. The second-order valence-corrected chi connectivity index (χ2v) is 6.93. The van der Waals surface area contributed by atoms with Crippen molar-refractivity contribution in [1.29, 1.82) is 0 Å². The van der Waals surface area contributed by atoms with Crippen LogP contribution in [0.5, 0.6) is 0 Å². The van der Waals surface area contributed by atoms with Gasteiger partial charge in [0.05, 0.1) is 0 Å². The molecule has 0 bridgehead atoms. The molecule has 0 spiro atoms. The van der Waals surface area contributed by atoms with Crippen LogP contribution in [0.25, 0.3) is 0 Å². The van der Waals surface area contributed by atoms with Crippen LogP contribution in [0.15, 0.2) is 18.2 Å². The first-order valence-electron chi connectivity index (χ1n) is 8.08. The molecule has 1 aliphatic carbocycles. The largest absolute Gasteiger partial charge is 0.378 e. The minimum absolute atomic E-state index is 0. The molecule has 0 amide bonds. The van der Waals surface area contributed by atoms with Crippen molar-refractivity contribution in [3.05, 3.63) is 28.8 Å². The van der Waals surface area contributed by atoms with Crippen molar-refractivity contribution in [2.24, 2.45) is 5.92 Å². The number of nitrogens with one attached hydrogen (secondary N) is 1. The summed E-state index contributed by atoms with van der Waals surface area (Å²) in [5.41, 5.74) is 2.50. The Labute approximate surface area is 157 Å². The standard InChI is InChI=1S/C17H26ClN3.2ClH/c1-20(2)14-6-7-15(16(18)12-14)17(13-4-3-5-13)21-10-8-19-9-11-21;;/h6-7,12-13,17,19H,3-5,8-11H2,1-2H3;2*1H/t17-;;/m0../s1. The Kier molecular flexibility index (Phi) is 8.46. The van der Waals surface area contributed by atoms with Gasteiger partial charge in [-0.05, 0) is 36.5 Å². The highest BCUT2D eigenvalue weighted by atomic mass is 35.5. The van der Waals surface area contributed by atoms with E-state index in [9.17, 15) is 0 Å². The third kappa shape index (κ3) is 4.67. The van der Waals surface area contributed by atoms with Crippen LogP contribution >= 0.6 is 36.4 Å². The van der Waals surface area contributed by atoms with E-state index in [4.69, 9.17) is 11.6 Å². The van der Waals surface area contributed by atoms with E-state index in [1.807, 2.05) is 0 Å². The fourth-order valence-electron chi connectivity index (χ4n) is 3.50. The van der Waals surface area contributed by atoms with Gasteiger partial charge in [-0.3, -0.25) is 4.90 Å². The predicted molar refractivity (Wildman–Crippen MR) is 105 cm³/mol. The average molecular weight is 381 g/mol. The highest BCUT2D eigenvalue weighted by Gasteiger charge is 2.34. The molecule has 2 fully saturated rings. The van der Waals surface area contributed by atoms with Crippen LogP contribution in [-0.2, 0) is 0 Å². The molecule has 3 nitrogen and oxygen atoms in total. The molecule has 1 N–H and O–H groups in total. The average Bonchev–Trinajstić information content (AvgIpc) is 2.44. The maximum absolute atomic E-state index is 6.64. The smallest absolute Gasteiger partial charge is 0.0474 e. The van der Waals surface area contributed by atoms with E-state index in [1.165, 1.54) is 30.5 Å². The molecule has 132 valence electrons. The monoisotopic (exact) mass is 379 g/mol. The minimum Gasteiger partial charge on any atom is -0.378 e. The van der Waals surface area contributed by atoms with Gasteiger partial charge in [-0.15, -0.1) is 24.8 Å². The van der Waals surface area contributed by atoms with Crippen molar-refractivity contribution in [3.8, 4) is 0 Å². The van der Waals surface area contributed by atoms with Crippen molar-refractivity contribution >= 4 is 42.1 Å². The highest BCUT2D eigenvalue weighted by Crippen LogP contribution is 2.44. The molecule has 0 unspecified atom stereocenters. The summed E-state index contributed by atoms with van der Waals surface area (Å²) in [6.07, 6.45) is 4.07. The fourth-order valence-corrected chi connectivity index (χ4v) is 3.79. The first kappa shape index (κ1) is 20.9. The molecule has 2 aliphatic rings. The van der Waals surface area contributed by atoms with E-state index in [0.29, 0.717) is 6.04 Å². The Bertz CT molecular complexity index is 486. The molecule has 0 aromatic heterocycles. The second kappa shape index (κ2) is 9.33. The van der Waals surface area contributed by atoms with Crippen LogP contribution in [0.3, 0.4) is 0 Å². The summed E-state index contributed by atoms with van der Waals surface area (Å²) >= 11 is 6.64. The number of halogens is 3. The molecule has 1 saturated heterocycles. The van der Waals surface area contributed by atoms with Gasteiger partial charge in [0, 0.05) is 57.0 Å². The van der Waals surface area contributed by atoms with Gasteiger partial charge in [0.15, 0.2) is 0 Å². The lowest BCUT2D eigenvalue weighted by molar-refractivity contribution is 0.0838. The highest BCUT2D eigenvalue weighted by molar-refractivity contribution is 6.31. The molecule has 1 aliphatic heterocycles. The van der Waals surface area contributed by atoms with Crippen LogP contribution in [-0.4, -0.2) is 45.2 Å². The van der Waals surface area contributed by atoms with E-state index in [-0.39, 0.29) is 24.8 Å². The van der Waals surface area contributed by atoms with Gasteiger partial charge in [-0.1, -0.05) is 24.1 Å². The number of benzene rings is 1. The molecule has 6 heteroatoms. The molecule has 3 rings (SSSR count). The molecule has 1 saturated carbocycles. The van der Waals surface area contributed by atoms with Crippen molar-refractivity contribution in [2.75, 3.05) is 45.2 Å². The van der Waals surface area contributed by atoms with E-state index in [1.54, 1.807) is 0 Å². The maximum Gasteiger partial charge on any atom is 0.0474 e. The van der Waals surface area contributed by atoms with E-state index in [2.05, 4.69) is 47.4 Å². The quantitative estimate of drug-likeness (QED) is 0.852. The summed E-state index contributed by atoms with van der Waals surface area (Å²) in [6, 6.07) is 7.08. The Balaban J connectivity index is 0.00000132. The zero-order valence-electron chi connectivity index (χ0n) is 13.9. The van der Waals surface area contributed by atoms with E-state index >= 15 is 0 Å². The van der Waals surface area contributed by atoms with Gasteiger partial charge in [0.1, 0.15) is 0 Å². The Morgan fingerprint density at radius 1 is 1.17 bits per heavy atom. The van der Waals surface area contributed by atoms with Gasteiger partial charge < -0.3 is 10.2 Å². The van der Waals surface area contributed by atoms with Crippen molar-refractivity contribution in [2.45, 2.75) is 25.3 Å². The first-order valence-corrected chi connectivity index (χ1v) is 8.46. The lowest BCUT2D eigenvalue weighted by atomic mass is 9.76. The second-order valence-electron chi connectivity index (χ2n) is 6.52. The molecule has 1 heterocycles. The fraction of sp³-hybridized carbons (Fsp3) is 0.647. The van der Waals surface area contributed by atoms with Crippen LogP contribution in [0.1, 0.15) is 30.9 Å². The van der Waals surface area contributed by atoms with Crippen LogP contribution in [0, 0.1) is 5.92 Å². The Hall–Kier alpha value is -0.190. The molecule has 23 heavy (non-hydrogen) atoms. The zero-order valence-corrected chi connectivity index (χ0v) is 16.3. The number of piperazine rings is 1. The van der Waals surface area contributed by atoms with E-state index < -0.39 is 0 Å². The summed E-state index contributed by atoms with van der Waals surface area (Å²) < 4.78 is 0. The van der Waals surface area contributed by atoms with Gasteiger partial charge >= 0.3 is 0 Å². The normalized spacial score (nSPS) is 20.0. The Morgan fingerprint density at radius 2 is 1.83 bits per heavy atom. The van der Waals surface area contributed by atoms with E-state index in [0.717, 1.165) is 37.1 Å². The lowest BCUT2D eigenvalue weighted by Gasteiger charge is -2.43. The maximum atomic E-state index is 6.64. The van der Waals surface area contributed by atoms with Crippen LogP contribution < -0.4 is 10.2 Å². The van der Waals surface area contributed by atoms with Crippen molar-refractivity contribution in [1.82, 2.24) is 10.2 Å². The zero-order chi connectivity index (χ0) is 14.8. The SMILES string of the molecule is CN(C)c1ccc([C@H](C2CCC2)N2CCNCC2)c(Cl)c1.Cl.Cl. The van der Waals surface area contributed by atoms with Crippen LogP contribution in [0.4, 0.5) is 5.69 Å². The topological polar surface area (TPSA) is 18.5 Å². The molecule has 1 aromatic carbocycles. The van der Waals surface area contributed by atoms with Crippen molar-refractivity contribution in [3.63, 3.8) is 0 Å². The Morgan fingerprint density at radius 3 is 2.30 bits per heavy atom. The number of nitrogens with zero attached hydrogens (tertiary/aromatic N) is 2. The summed E-state index contributed by atoms with van der Waals surface area (Å²) in [5, 5.41) is 4.38. The summed E-state index contributed by atoms with van der Waals surface area (Å²) in [7, 11) is 4.12. The third-order valence-electron chi connectivity index (χ3n) is 4.96. The van der Waals surface area contributed by atoms with Gasteiger partial charge in [-0.25, -0.2) is 0 Å².